The summed E-state index contributed by atoms with van der Waals surface area (Å²) in [5.74, 6) is 0. The zero-order chi connectivity index (χ0) is 13.1. The number of aliphatic hydroxyl groups is 1. The molecule has 1 fully saturated rings. The number of morpholine rings is 1. The molecule has 0 aromatic carbocycles. The van der Waals surface area contributed by atoms with Gasteiger partial charge < -0.3 is 14.7 Å². The Hall–Kier alpha value is -0.620. The van der Waals surface area contributed by atoms with Gasteiger partial charge in [-0.25, -0.2) is 0 Å². The minimum Gasteiger partial charge on any atom is -0.384 e. The van der Waals surface area contributed by atoms with Crippen LogP contribution in [0.4, 0.5) is 0 Å². The van der Waals surface area contributed by atoms with Crippen LogP contribution in [0.25, 0.3) is 0 Å². The lowest BCUT2D eigenvalue weighted by atomic mass is 10.1. The molecule has 0 spiro atoms. The summed E-state index contributed by atoms with van der Waals surface area (Å²) in [5.41, 5.74) is 0.666. The van der Waals surface area contributed by atoms with Gasteiger partial charge >= 0.3 is 0 Å². The smallest absolute Gasteiger partial charge is 0.124 e. The summed E-state index contributed by atoms with van der Waals surface area (Å²) in [7, 11) is 2.02. The fourth-order valence-electron chi connectivity index (χ4n) is 2.23. The zero-order valence-electron chi connectivity index (χ0n) is 10.8. The molecular formula is C12H20ClN3O2. The summed E-state index contributed by atoms with van der Waals surface area (Å²) in [6, 6.07) is 0. The van der Waals surface area contributed by atoms with Gasteiger partial charge in [0.25, 0.3) is 0 Å². The van der Waals surface area contributed by atoms with Crippen molar-refractivity contribution < 1.29 is 9.84 Å². The predicted octanol–water partition coefficient (Wildman–Crippen LogP) is 1.31. The van der Waals surface area contributed by atoms with Gasteiger partial charge in [-0.15, -0.1) is 0 Å². The van der Waals surface area contributed by atoms with E-state index in [0.717, 1.165) is 19.5 Å². The van der Waals surface area contributed by atoms with E-state index in [1.165, 1.54) is 0 Å². The van der Waals surface area contributed by atoms with Gasteiger partial charge in [0.1, 0.15) is 12.2 Å². The zero-order valence-corrected chi connectivity index (χ0v) is 11.6. The largest absolute Gasteiger partial charge is 0.384 e. The van der Waals surface area contributed by atoms with E-state index in [1.807, 2.05) is 7.05 Å². The summed E-state index contributed by atoms with van der Waals surface area (Å²) >= 11 is 6.12. The molecule has 2 atom stereocenters. The highest BCUT2D eigenvalue weighted by Gasteiger charge is 2.30. The number of rotatable bonds is 4. The molecule has 0 radical (unpaired) electrons. The van der Waals surface area contributed by atoms with Gasteiger partial charge in [0.2, 0.25) is 0 Å². The van der Waals surface area contributed by atoms with Crippen LogP contribution in [0.3, 0.4) is 0 Å². The number of nitrogens with zero attached hydrogens (tertiary/aromatic N) is 3. The molecule has 2 rings (SSSR count). The second-order valence-corrected chi connectivity index (χ2v) is 5.12. The molecule has 2 unspecified atom stereocenters. The summed E-state index contributed by atoms with van der Waals surface area (Å²) in [6.07, 6.45) is 1.56. The van der Waals surface area contributed by atoms with Gasteiger partial charge in [0, 0.05) is 19.6 Å². The highest BCUT2D eigenvalue weighted by molar-refractivity contribution is 6.31. The Morgan fingerprint density at radius 1 is 1.67 bits per heavy atom. The van der Waals surface area contributed by atoms with Crippen molar-refractivity contribution in [1.82, 2.24) is 14.7 Å². The molecule has 1 aromatic heterocycles. The molecule has 1 aromatic rings. The van der Waals surface area contributed by atoms with E-state index < -0.39 is 6.10 Å². The Morgan fingerprint density at radius 2 is 2.44 bits per heavy atom. The Balaban J connectivity index is 2.16. The van der Waals surface area contributed by atoms with E-state index in [0.29, 0.717) is 23.9 Å². The molecule has 0 bridgehead atoms. The van der Waals surface area contributed by atoms with Crippen LogP contribution in [-0.2, 0) is 11.3 Å². The fraction of sp³-hybridized carbons (Fsp3) is 0.750. The summed E-state index contributed by atoms with van der Waals surface area (Å²) in [4.78, 5) is 2.14. The van der Waals surface area contributed by atoms with Crippen molar-refractivity contribution in [1.29, 1.82) is 0 Å². The monoisotopic (exact) mass is 273 g/mol. The van der Waals surface area contributed by atoms with Crippen molar-refractivity contribution >= 4 is 11.6 Å². The van der Waals surface area contributed by atoms with Crippen LogP contribution in [0, 0.1) is 0 Å². The minimum atomic E-state index is -0.728. The topological polar surface area (TPSA) is 50.5 Å². The van der Waals surface area contributed by atoms with Crippen molar-refractivity contribution in [2.45, 2.75) is 32.1 Å². The van der Waals surface area contributed by atoms with Crippen LogP contribution in [0.15, 0.2) is 6.20 Å². The highest BCUT2D eigenvalue weighted by atomic mass is 35.5. The van der Waals surface area contributed by atoms with E-state index in [-0.39, 0.29) is 6.10 Å². The molecule has 2 heterocycles. The van der Waals surface area contributed by atoms with Gasteiger partial charge in [-0.05, 0) is 13.5 Å². The average molecular weight is 274 g/mol. The predicted molar refractivity (Wildman–Crippen MR) is 69.7 cm³/mol. The average Bonchev–Trinajstić information content (AvgIpc) is 2.70. The highest BCUT2D eigenvalue weighted by Crippen LogP contribution is 2.28. The fourth-order valence-corrected chi connectivity index (χ4v) is 2.49. The Bertz CT molecular complexity index is 397. The van der Waals surface area contributed by atoms with E-state index >= 15 is 0 Å². The number of likely N-dealkylation sites (N-methyl/N-ethyl adjacent to an activating group) is 1. The van der Waals surface area contributed by atoms with Gasteiger partial charge in [0.05, 0.1) is 23.5 Å². The van der Waals surface area contributed by atoms with Crippen molar-refractivity contribution in [2.75, 3.05) is 26.7 Å². The third-order valence-corrected chi connectivity index (χ3v) is 3.49. The van der Waals surface area contributed by atoms with Crippen LogP contribution >= 0.6 is 11.6 Å². The molecule has 0 saturated carbocycles. The Morgan fingerprint density at radius 3 is 3.11 bits per heavy atom. The molecule has 0 amide bonds. The van der Waals surface area contributed by atoms with Gasteiger partial charge in [-0.3, -0.25) is 4.68 Å². The van der Waals surface area contributed by atoms with E-state index in [9.17, 15) is 5.11 Å². The van der Waals surface area contributed by atoms with E-state index in [1.54, 1.807) is 10.9 Å². The number of aromatic nitrogens is 2. The molecule has 1 saturated heterocycles. The van der Waals surface area contributed by atoms with Gasteiger partial charge in [-0.2, -0.15) is 5.10 Å². The molecule has 5 nitrogen and oxygen atoms in total. The molecule has 6 heteroatoms. The molecule has 102 valence electrons. The number of aliphatic hydroxyl groups excluding tert-OH is 1. The maximum absolute atomic E-state index is 10.4. The van der Waals surface area contributed by atoms with Gasteiger partial charge in [0.15, 0.2) is 0 Å². The molecule has 1 aliphatic rings. The van der Waals surface area contributed by atoms with Gasteiger partial charge in [-0.1, -0.05) is 18.5 Å². The lowest BCUT2D eigenvalue weighted by Crippen LogP contribution is -2.43. The Kier molecular flexibility index (Phi) is 4.61. The quantitative estimate of drug-likeness (QED) is 0.899. The second kappa shape index (κ2) is 6.02. The minimum absolute atomic E-state index is 0.242. The normalized spacial score (nSPS) is 23.2. The first-order valence-electron chi connectivity index (χ1n) is 6.33. The maximum atomic E-state index is 10.4. The molecule has 1 N–H and O–H groups in total. The first-order chi connectivity index (χ1) is 8.63. The van der Waals surface area contributed by atoms with Crippen LogP contribution in [0.5, 0.6) is 0 Å². The molecule has 0 aliphatic carbocycles. The van der Waals surface area contributed by atoms with E-state index in [4.69, 9.17) is 16.3 Å². The number of halogens is 1. The Labute approximate surface area is 112 Å². The number of hydrogen-bond donors (Lipinski definition) is 1. The van der Waals surface area contributed by atoms with Crippen molar-refractivity contribution in [3.05, 3.63) is 16.9 Å². The third kappa shape index (κ3) is 2.85. The number of ether oxygens (including phenoxy) is 1. The lowest BCUT2D eigenvalue weighted by Gasteiger charge is -2.33. The van der Waals surface area contributed by atoms with Crippen molar-refractivity contribution in [3.8, 4) is 0 Å². The van der Waals surface area contributed by atoms with Crippen LogP contribution in [-0.4, -0.2) is 52.6 Å². The first-order valence-corrected chi connectivity index (χ1v) is 6.70. The summed E-state index contributed by atoms with van der Waals surface area (Å²) in [6.45, 7) is 5.05. The summed E-state index contributed by atoms with van der Waals surface area (Å²) in [5, 5.41) is 15.1. The van der Waals surface area contributed by atoms with E-state index in [2.05, 4.69) is 16.9 Å². The number of aryl methyl sites for hydroxylation is 1. The SMILES string of the molecule is CCCn1ncc(Cl)c1C(O)C1CN(C)CCO1. The first kappa shape index (κ1) is 13.8. The van der Waals surface area contributed by atoms with Crippen LogP contribution in [0.1, 0.15) is 25.1 Å². The van der Waals surface area contributed by atoms with Crippen molar-refractivity contribution in [3.63, 3.8) is 0 Å². The molecule has 1 aliphatic heterocycles. The standard InChI is InChI=1S/C12H20ClN3O2/c1-3-4-16-11(9(13)7-14-16)12(17)10-8-15(2)5-6-18-10/h7,10,12,17H,3-6,8H2,1-2H3. The third-order valence-electron chi connectivity index (χ3n) is 3.20. The second-order valence-electron chi connectivity index (χ2n) is 4.72. The van der Waals surface area contributed by atoms with Crippen LogP contribution in [0.2, 0.25) is 5.02 Å². The maximum Gasteiger partial charge on any atom is 0.124 e. The molecule has 18 heavy (non-hydrogen) atoms. The lowest BCUT2D eigenvalue weighted by molar-refractivity contribution is -0.0868. The van der Waals surface area contributed by atoms with Crippen LogP contribution < -0.4 is 0 Å². The summed E-state index contributed by atoms with van der Waals surface area (Å²) < 4.78 is 7.40. The van der Waals surface area contributed by atoms with Crippen molar-refractivity contribution in [2.24, 2.45) is 0 Å². The number of hydrogen-bond acceptors (Lipinski definition) is 4. The molecular weight excluding hydrogens is 254 g/mol.